The molecule has 0 atom stereocenters. The zero-order valence-electron chi connectivity index (χ0n) is 5.16. The van der Waals surface area contributed by atoms with E-state index in [1.165, 1.54) is 13.2 Å². The van der Waals surface area contributed by atoms with Crippen molar-refractivity contribution >= 4 is 0 Å². The van der Waals surface area contributed by atoms with E-state index in [-0.39, 0.29) is 0 Å². The number of hydroxylamine groups is 2. The van der Waals surface area contributed by atoms with E-state index in [0.29, 0.717) is 0 Å². The Kier molecular flexibility index (Phi) is 3.98. The molecule has 0 rings (SSSR count). The monoisotopic (exact) mass is 112 g/mol. The Morgan fingerprint density at radius 3 is 2.38 bits per heavy atom. The van der Waals surface area contributed by atoms with Gasteiger partial charge < -0.3 is 10.3 Å². The van der Waals surface area contributed by atoms with Crippen LogP contribution in [0.15, 0.2) is 24.4 Å². The molecule has 0 saturated heterocycles. The van der Waals surface area contributed by atoms with Crippen molar-refractivity contribution in [2.24, 2.45) is 0 Å². The molecule has 0 fully saturated rings. The molecule has 0 heterocycles. The van der Waals surface area contributed by atoms with Crippen LogP contribution in [0.3, 0.4) is 0 Å². The van der Waals surface area contributed by atoms with Gasteiger partial charge in [0.05, 0.1) is 0 Å². The average Bonchev–Trinajstić information content (AvgIpc) is 1.66. The standard InChI is InChI=1S/C6H10NO/c1-3-4-5-6-7(2)8/h3-6H,1-2H3/q-1/b4-3+,6-5+. The highest BCUT2D eigenvalue weighted by Gasteiger charge is 1.60. The molecule has 0 aromatic carbocycles. The van der Waals surface area contributed by atoms with Crippen LogP contribution in [0.1, 0.15) is 6.92 Å². The Bertz CT molecular complexity index is 94.7. The molecule has 0 saturated carbocycles. The van der Waals surface area contributed by atoms with E-state index in [1.54, 1.807) is 12.2 Å². The third-order valence-corrected chi connectivity index (χ3v) is 0.600. The van der Waals surface area contributed by atoms with Crippen molar-refractivity contribution in [2.75, 3.05) is 7.05 Å². The third-order valence-electron chi connectivity index (χ3n) is 0.600. The largest absolute Gasteiger partial charge is 0.759 e. The van der Waals surface area contributed by atoms with Crippen LogP contribution in [0.2, 0.25) is 0 Å². The van der Waals surface area contributed by atoms with Crippen molar-refractivity contribution in [3.05, 3.63) is 29.6 Å². The summed E-state index contributed by atoms with van der Waals surface area (Å²) < 4.78 is 0. The molecule has 0 aromatic heterocycles. The van der Waals surface area contributed by atoms with Crippen LogP contribution in [0.4, 0.5) is 0 Å². The first kappa shape index (κ1) is 7.24. The van der Waals surface area contributed by atoms with E-state index < -0.39 is 0 Å². The van der Waals surface area contributed by atoms with Crippen LogP contribution in [-0.2, 0) is 0 Å². The maximum absolute atomic E-state index is 10.1. The average molecular weight is 112 g/mol. The number of hydrogen-bond acceptors (Lipinski definition) is 2. The molecule has 2 heteroatoms. The van der Waals surface area contributed by atoms with Gasteiger partial charge in [0.25, 0.3) is 0 Å². The molecular formula is C6H10NO-. The first-order chi connectivity index (χ1) is 3.77. The van der Waals surface area contributed by atoms with Crippen molar-refractivity contribution in [3.8, 4) is 0 Å². The highest BCUT2D eigenvalue weighted by molar-refractivity contribution is 5.00. The maximum atomic E-state index is 10.1. The predicted octanol–water partition coefficient (Wildman–Crippen LogP) is 1.51. The zero-order valence-corrected chi connectivity index (χ0v) is 5.16. The molecule has 46 valence electrons. The van der Waals surface area contributed by atoms with Gasteiger partial charge in [-0.2, -0.15) is 0 Å². The van der Waals surface area contributed by atoms with Crippen LogP contribution in [0.5, 0.6) is 0 Å². The lowest BCUT2D eigenvalue weighted by Gasteiger charge is -2.17. The smallest absolute Gasteiger partial charge is 0.00661 e. The predicted molar refractivity (Wildman–Crippen MR) is 35.1 cm³/mol. The summed E-state index contributed by atoms with van der Waals surface area (Å²) in [6, 6.07) is 0. The van der Waals surface area contributed by atoms with E-state index in [4.69, 9.17) is 0 Å². The molecule has 0 amide bonds. The van der Waals surface area contributed by atoms with Gasteiger partial charge in [0, 0.05) is 0 Å². The van der Waals surface area contributed by atoms with E-state index >= 15 is 0 Å². The lowest BCUT2D eigenvalue weighted by Crippen LogP contribution is -1.95. The summed E-state index contributed by atoms with van der Waals surface area (Å²) in [5, 5.41) is 10.9. The van der Waals surface area contributed by atoms with Gasteiger partial charge in [-0.25, -0.2) is 0 Å². The fraction of sp³-hybridized carbons (Fsp3) is 0.333. The Hall–Kier alpha value is -0.760. The molecule has 0 spiro atoms. The molecule has 0 aliphatic heterocycles. The van der Waals surface area contributed by atoms with Gasteiger partial charge in [-0.05, 0) is 26.2 Å². The van der Waals surface area contributed by atoms with E-state index in [0.717, 1.165) is 5.06 Å². The van der Waals surface area contributed by atoms with Crippen molar-refractivity contribution in [3.63, 3.8) is 0 Å². The Labute approximate surface area is 49.7 Å². The van der Waals surface area contributed by atoms with Gasteiger partial charge in [0.2, 0.25) is 0 Å². The van der Waals surface area contributed by atoms with Crippen molar-refractivity contribution in [2.45, 2.75) is 6.92 Å². The minimum absolute atomic E-state index is 0.750. The third kappa shape index (κ3) is 5.24. The Balaban J connectivity index is 3.34. The SMILES string of the molecule is C/C=C/C=C/N(C)[O-]. The Morgan fingerprint density at radius 2 is 2.00 bits per heavy atom. The summed E-state index contributed by atoms with van der Waals surface area (Å²) in [6.07, 6.45) is 6.79. The molecule has 2 nitrogen and oxygen atoms in total. The summed E-state index contributed by atoms with van der Waals surface area (Å²) in [5.74, 6) is 0. The minimum atomic E-state index is 0.750. The van der Waals surface area contributed by atoms with Crippen molar-refractivity contribution in [1.29, 1.82) is 0 Å². The fourth-order valence-corrected chi connectivity index (χ4v) is 0.282. The highest BCUT2D eigenvalue weighted by atomic mass is 16.5. The van der Waals surface area contributed by atoms with Crippen LogP contribution in [0, 0.1) is 5.21 Å². The van der Waals surface area contributed by atoms with Gasteiger partial charge in [0.1, 0.15) is 0 Å². The fourth-order valence-electron chi connectivity index (χ4n) is 0.282. The summed E-state index contributed by atoms with van der Waals surface area (Å²) in [4.78, 5) is 0. The minimum Gasteiger partial charge on any atom is -0.759 e. The first-order valence-electron chi connectivity index (χ1n) is 2.47. The molecule has 8 heavy (non-hydrogen) atoms. The normalized spacial score (nSPS) is 11.4. The molecule has 0 radical (unpaired) electrons. The summed E-state index contributed by atoms with van der Waals surface area (Å²) >= 11 is 0. The first-order valence-corrected chi connectivity index (χ1v) is 2.47. The number of rotatable bonds is 2. The number of hydrogen-bond donors (Lipinski definition) is 0. The number of nitrogens with zero attached hydrogens (tertiary/aromatic N) is 1. The van der Waals surface area contributed by atoms with Crippen molar-refractivity contribution < 1.29 is 0 Å². The van der Waals surface area contributed by atoms with E-state index in [2.05, 4.69) is 0 Å². The summed E-state index contributed by atoms with van der Waals surface area (Å²) in [7, 11) is 1.44. The summed E-state index contributed by atoms with van der Waals surface area (Å²) in [5.41, 5.74) is 0. The second-order valence-corrected chi connectivity index (χ2v) is 1.41. The molecular weight excluding hydrogens is 102 g/mol. The van der Waals surface area contributed by atoms with Gasteiger partial charge in [0.15, 0.2) is 0 Å². The van der Waals surface area contributed by atoms with Gasteiger partial charge in [-0.3, -0.25) is 0 Å². The molecule has 0 aliphatic rings. The van der Waals surface area contributed by atoms with Gasteiger partial charge in [-0.15, -0.1) is 0 Å². The second-order valence-electron chi connectivity index (χ2n) is 1.41. The molecule has 0 aliphatic carbocycles. The van der Waals surface area contributed by atoms with E-state index in [9.17, 15) is 5.21 Å². The molecule has 0 unspecified atom stereocenters. The molecule has 0 aromatic rings. The van der Waals surface area contributed by atoms with E-state index in [1.807, 2.05) is 13.0 Å². The van der Waals surface area contributed by atoms with Crippen molar-refractivity contribution in [1.82, 2.24) is 5.06 Å². The zero-order chi connectivity index (χ0) is 6.41. The lowest BCUT2D eigenvalue weighted by atomic mass is 10.5. The highest BCUT2D eigenvalue weighted by Crippen LogP contribution is 1.79. The quantitative estimate of drug-likeness (QED) is 0.399. The topological polar surface area (TPSA) is 26.3 Å². The summed E-state index contributed by atoms with van der Waals surface area (Å²) in [6.45, 7) is 1.90. The molecule has 0 N–H and O–H groups in total. The van der Waals surface area contributed by atoms with Crippen LogP contribution in [-0.4, -0.2) is 12.1 Å². The second kappa shape index (κ2) is 4.40. The van der Waals surface area contributed by atoms with Gasteiger partial charge >= 0.3 is 0 Å². The Morgan fingerprint density at radius 1 is 1.38 bits per heavy atom. The number of allylic oxidation sites excluding steroid dienone is 3. The van der Waals surface area contributed by atoms with Gasteiger partial charge in [-0.1, -0.05) is 12.2 Å². The molecule has 0 bridgehead atoms. The lowest BCUT2D eigenvalue weighted by molar-refractivity contribution is 0.631. The van der Waals surface area contributed by atoms with Crippen LogP contribution < -0.4 is 0 Å². The maximum Gasteiger partial charge on any atom is -0.00661 e. The van der Waals surface area contributed by atoms with Crippen LogP contribution >= 0.6 is 0 Å². The van der Waals surface area contributed by atoms with Crippen LogP contribution in [0.25, 0.3) is 0 Å².